The minimum Gasteiger partial charge on any atom is -0.397 e. The molecule has 0 aliphatic heterocycles. The van der Waals surface area contributed by atoms with Gasteiger partial charge in [0.05, 0.1) is 16.9 Å². The molecule has 5 heteroatoms. The summed E-state index contributed by atoms with van der Waals surface area (Å²) in [7, 11) is 0. The molecule has 0 saturated carbocycles. The van der Waals surface area contributed by atoms with Crippen molar-refractivity contribution in [1.82, 2.24) is 0 Å². The van der Waals surface area contributed by atoms with Crippen molar-refractivity contribution in [3.8, 4) is 0 Å². The van der Waals surface area contributed by atoms with Gasteiger partial charge in [0.25, 0.3) is 5.91 Å². The predicted octanol–water partition coefficient (Wildman–Crippen LogP) is 3.38. The van der Waals surface area contributed by atoms with Gasteiger partial charge in [-0.2, -0.15) is 0 Å². The molecule has 98 valence electrons. The van der Waals surface area contributed by atoms with Crippen molar-refractivity contribution in [3.05, 3.63) is 53.8 Å². The van der Waals surface area contributed by atoms with E-state index in [1.54, 1.807) is 12.1 Å². The zero-order valence-corrected chi connectivity index (χ0v) is 11.1. The average Bonchev–Trinajstić information content (AvgIpc) is 2.42. The second-order valence-corrected chi connectivity index (χ2v) is 4.73. The van der Waals surface area contributed by atoms with Crippen molar-refractivity contribution in [2.45, 2.75) is 4.90 Å². The highest BCUT2D eigenvalue weighted by Crippen LogP contribution is 2.23. The van der Waals surface area contributed by atoms with Crippen molar-refractivity contribution in [1.29, 1.82) is 0 Å². The Morgan fingerprint density at radius 2 is 2.00 bits per heavy atom. The van der Waals surface area contributed by atoms with Gasteiger partial charge in [-0.3, -0.25) is 4.79 Å². The quantitative estimate of drug-likeness (QED) is 0.667. The summed E-state index contributed by atoms with van der Waals surface area (Å²) in [6.07, 6.45) is 1.89. The van der Waals surface area contributed by atoms with Crippen LogP contribution >= 0.6 is 11.8 Å². The molecule has 0 aliphatic carbocycles. The molecule has 3 N–H and O–H groups in total. The normalized spacial score (nSPS) is 10.2. The maximum Gasteiger partial charge on any atom is 0.256 e. The molecule has 3 nitrogen and oxygen atoms in total. The lowest BCUT2D eigenvalue weighted by Crippen LogP contribution is -2.14. The van der Waals surface area contributed by atoms with E-state index in [1.807, 2.05) is 18.4 Å². The number of carbonyl (C=O) groups excluding carboxylic acids is 1. The molecule has 0 fully saturated rings. The highest BCUT2D eigenvalue weighted by molar-refractivity contribution is 7.98. The van der Waals surface area contributed by atoms with Crippen LogP contribution in [0, 0.1) is 5.82 Å². The van der Waals surface area contributed by atoms with Gasteiger partial charge in [0.2, 0.25) is 0 Å². The van der Waals surface area contributed by atoms with Crippen LogP contribution in [0.1, 0.15) is 10.4 Å². The van der Waals surface area contributed by atoms with Gasteiger partial charge < -0.3 is 11.1 Å². The van der Waals surface area contributed by atoms with Gasteiger partial charge in [0.15, 0.2) is 0 Å². The lowest BCUT2D eigenvalue weighted by molar-refractivity contribution is 0.102. The van der Waals surface area contributed by atoms with Gasteiger partial charge in [0, 0.05) is 4.90 Å². The van der Waals surface area contributed by atoms with E-state index in [0.29, 0.717) is 11.3 Å². The van der Waals surface area contributed by atoms with Gasteiger partial charge in [-0.15, -0.1) is 11.8 Å². The third-order valence-electron chi connectivity index (χ3n) is 2.62. The summed E-state index contributed by atoms with van der Waals surface area (Å²) in [5.41, 5.74) is 6.85. The number of nitrogen functional groups attached to an aromatic ring is 1. The van der Waals surface area contributed by atoms with Crippen LogP contribution in [0.5, 0.6) is 0 Å². The molecule has 0 saturated heterocycles. The van der Waals surface area contributed by atoms with Gasteiger partial charge in [-0.1, -0.05) is 12.1 Å². The topological polar surface area (TPSA) is 55.1 Å². The molecule has 0 unspecified atom stereocenters. The van der Waals surface area contributed by atoms with Crippen LogP contribution in [0.2, 0.25) is 0 Å². The minimum atomic E-state index is -0.442. The molecule has 0 atom stereocenters. The Bertz CT molecular complexity index is 616. The molecule has 2 rings (SSSR count). The van der Waals surface area contributed by atoms with Crippen molar-refractivity contribution >= 4 is 29.0 Å². The van der Waals surface area contributed by atoms with Crippen LogP contribution in [0.4, 0.5) is 15.8 Å². The fraction of sp³-hybridized carbons (Fsp3) is 0.0714. The van der Waals surface area contributed by atoms with E-state index in [-0.39, 0.29) is 11.6 Å². The summed E-state index contributed by atoms with van der Waals surface area (Å²) >= 11 is 1.48. The molecule has 0 aromatic heterocycles. The summed E-state index contributed by atoms with van der Waals surface area (Å²) in [4.78, 5) is 13.0. The summed E-state index contributed by atoms with van der Waals surface area (Å²) < 4.78 is 13.1. The molecule has 2 aromatic rings. The van der Waals surface area contributed by atoms with E-state index < -0.39 is 5.82 Å². The molecular weight excluding hydrogens is 263 g/mol. The highest BCUT2D eigenvalue weighted by atomic mass is 32.2. The molecule has 0 bridgehead atoms. The molecule has 0 radical (unpaired) electrons. The van der Waals surface area contributed by atoms with E-state index >= 15 is 0 Å². The number of hydrogen-bond donors (Lipinski definition) is 2. The first-order valence-electron chi connectivity index (χ1n) is 5.61. The summed E-state index contributed by atoms with van der Waals surface area (Å²) in [5.74, 6) is -0.745. The third-order valence-corrected chi connectivity index (χ3v) is 3.41. The van der Waals surface area contributed by atoms with E-state index in [9.17, 15) is 9.18 Å². The SMILES string of the molecule is CSc1ccccc1C(=O)Nc1cc(F)ccc1N. The van der Waals surface area contributed by atoms with Crippen LogP contribution in [0.3, 0.4) is 0 Å². The molecule has 19 heavy (non-hydrogen) atoms. The Balaban J connectivity index is 2.28. The Kier molecular flexibility index (Phi) is 4.06. The van der Waals surface area contributed by atoms with E-state index in [0.717, 1.165) is 4.90 Å². The average molecular weight is 276 g/mol. The van der Waals surface area contributed by atoms with E-state index in [1.165, 1.54) is 30.0 Å². The number of halogens is 1. The van der Waals surface area contributed by atoms with Crippen molar-refractivity contribution in [2.75, 3.05) is 17.3 Å². The number of nitrogens with two attached hydrogens (primary N) is 1. The smallest absolute Gasteiger partial charge is 0.256 e. The largest absolute Gasteiger partial charge is 0.397 e. The van der Waals surface area contributed by atoms with Crippen LogP contribution in [-0.2, 0) is 0 Å². The number of anilines is 2. The first-order valence-corrected chi connectivity index (χ1v) is 6.83. The highest BCUT2D eigenvalue weighted by Gasteiger charge is 2.12. The second kappa shape index (κ2) is 5.75. The first kappa shape index (κ1) is 13.4. The lowest BCUT2D eigenvalue weighted by atomic mass is 10.2. The zero-order valence-electron chi connectivity index (χ0n) is 10.3. The minimum absolute atomic E-state index is 0.279. The van der Waals surface area contributed by atoms with Gasteiger partial charge in [0.1, 0.15) is 5.82 Å². The molecule has 0 aliphatic rings. The number of hydrogen-bond acceptors (Lipinski definition) is 3. The Morgan fingerprint density at radius 1 is 1.26 bits per heavy atom. The van der Waals surface area contributed by atoms with Crippen molar-refractivity contribution in [3.63, 3.8) is 0 Å². The number of nitrogens with one attached hydrogen (secondary N) is 1. The Labute approximate surface area is 115 Å². The van der Waals surface area contributed by atoms with Gasteiger partial charge in [-0.25, -0.2) is 4.39 Å². The maximum atomic E-state index is 13.1. The standard InChI is InChI=1S/C14H13FN2OS/c1-19-13-5-3-2-4-10(13)14(18)17-12-8-9(15)6-7-11(12)16/h2-8H,16H2,1H3,(H,17,18). The van der Waals surface area contributed by atoms with Crippen LogP contribution in [0.15, 0.2) is 47.4 Å². The zero-order chi connectivity index (χ0) is 13.8. The third kappa shape index (κ3) is 3.06. The second-order valence-electron chi connectivity index (χ2n) is 3.89. The fourth-order valence-corrected chi connectivity index (χ4v) is 2.25. The predicted molar refractivity (Wildman–Crippen MR) is 77.0 cm³/mol. The molecular formula is C14H13FN2OS. The van der Waals surface area contributed by atoms with E-state index in [4.69, 9.17) is 5.73 Å². The summed E-state index contributed by atoms with van der Waals surface area (Å²) in [5, 5.41) is 2.62. The fourth-order valence-electron chi connectivity index (χ4n) is 1.66. The monoisotopic (exact) mass is 276 g/mol. The number of benzene rings is 2. The van der Waals surface area contributed by atoms with Crippen molar-refractivity contribution < 1.29 is 9.18 Å². The Morgan fingerprint density at radius 3 is 2.74 bits per heavy atom. The van der Waals surface area contributed by atoms with Crippen LogP contribution in [0.25, 0.3) is 0 Å². The molecule has 0 spiro atoms. The maximum absolute atomic E-state index is 13.1. The van der Waals surface area contributed by atoms with Gasteiger partial charge >= 0.3 is 0 Å². The number of amides is 1. The molecule has 1 amide bonds. The van der Waals surface area contributed by atoms with Crippen LogP contribution in [-0.4, -0.2) is 12.2 Å². The van der Waals surface area contributed by atoms with Gasteiger partial charge in [-0.05, 0) is 36.6 Å². The number of rotatable bonds is 3. The van der Waals surface area contributed by atoms with E-state index in [2.05, 4.69) is 5.32 Å². The first-order chi connectivity index (χ1) is 9.11. The molecule has 2 aromatic carbocycles. The molecule has 0 heterocycles. The summed E-state index contributed by atoms with van der Waals surface area (Å²) in [6.45, 7) is 0. The van der Waals surface area contributed by atoms with Crippen molar-refractivity contribution in [2.24, 2.45) is 0 Å². The number of thioether (sulfide) groups is 1. The summed E-state index contributed by atoms with van der Waals surface area (Å²) in [6, 6.07) is 11.1. The number of carbonyl (C=O) groups is 1. The Hall–Kier alpha value is -2.01. The lowest BCUT2D eigenvalue weighted by Gasteiger charge is -2.10. The van der Waals surface area contributed by atoms with Crippen LogP contribution < -0.4 is 11.1 Å².